The van der Waals surface area contributed by atoms with E-state index in [4.69, 9.17) is 5.73 Å². The first-order valence-corrected chi connectivity index (χ1v) is 7.06. The largest absolute Gasteiger partial charge is 0.338 e. The molecule has 0 aliphatic carbocycles. The number of hydrogen-bond acceptors (Lipinski definition) is 2. The Morgan fingerprint density at radius 3 is 2.42 bits per heavy atom. The molecule has 0 aromatic heterocycles. The van der Waals surface area contributed by atoms with Crippen molar-refractivity contribution >= 4 is 5.91 Å². The topological polar surface area (TPSA) is 46.3 Å². The zero-order valence-electron chi connectivity index (χ0n) is 12.0. The van der Waals surface area contributed by atoms with Gasteiger partial charge in [-0.05, 0) is 29.4 Å². The molecule has 0 saturated carbocycles. The summed E-state index contributed by atoms with van der Waals surface area (Å²) in [6, 6.07) is 8.24. The van der Waals surface area contributed by atoms with Crippen LogP contribution in [-0.4, -0.2) is 17.4 Å². The molecule has 0 atom stereocenters. The van der Waals surface area contributed by atoms with Gasteiger partial charge in [-0.1, -0.05) is 38.1 Å². The molecule has 1 aliphatic heterocycles. The van der Waals surface area contributed by atoms with Gasteiger partial charge in [0, 0.05) is 26.1 Å². The fourth-order valence-electron chi connectivity index (χ4n) is 2.46. The van der Waals surface area contributed by atoms with E-state index in [1.807, 2.05) is 17.0 Å². The van der Waals surface area contributed by atoms with Crippen molar-refractivity contribution in [2.24, 2.45) is 11.1 Å². The van der Waals surface area contributed by atoms with Crippen molar-refractivity contribution in [2.75, 3.05) is 6.54 Å². The molecular formula is C16H24N2O. The van der Waals surface area contributed by atoms with Crippen LogP contribution in [0.5, 0.6) is 0 Å². The van der Waals surface area contributed by atoms with Gasteiger partial charge in [0.1, 0.15) is 0 Å². The summed E-state index contributed by atoms with van der Waals surface area (Å²) in [6.07, 6.45) is 2.75. The first kappa shape index (κ1) is 14.1. The van der Waals surface area contributed by atoms with Crippen molar-refractivity contribution in [3.8, 4) is 0 Å². The average Bonchev–Trinajstić information content (AvgIpc) is 2.53. The van der Waals surface area contributed by atoms with Crippen molar-refractivity contribution in [1.82, 2.24) is 4.90 Å². The normalized spacial score (nSPS) is 19.3. The molecule has 1 heterocycles. The molecule has 1 aromatic carbocycles. The Kier molecular flexibility index (Phi) is 4.25. The number of hydrogen-bond donors (Lipinski definition) is 1. The number of nitrogens with two attached hydrogens (primary N) is 1. The summed E-state index contributed by atoms with van der Waals surface area (Å²) in [6.45, 7) is 6.65. The van der Waals surface area contributed by atoms with Gasteiger partial charge in [-0.25, -0.2) is 0 Å². The van der Waals surface area contributed by atoms with Crippen LogP contribution in [0.15, 0.2) is 24.3 Å². The maximum Gasteiger partial charge on any atom is 0.222 e. The van der Waals surface area contributed by atoms with Crippen molar-refractivity contribution in [2.45, 2.75) is 46.2 Å². The minimum Gasteiger partial charge on any atom is -0.338 e. The highest BCUT2D eigenvalue weighted by atomic mass is 16.2. The summed E-state index contributed by atoms with van der Waals surface area (Å²) < 4.78 is 0. The van der Waals surface area contributed by atoms with E-state index in [0.717, 1.165) is 31.5 Å². The molecule has 1 aromatic rings. The minimum absolute atomic E-state index is 0.286. The molecule has 0 radical (unpaired) electrons. The molecular weight excluding hydrogens is 236 g/mol. The second-order valence-corrected chi connectivity index (χ2v) is 6.25. The SMILES string of the molecule is CC1(C)CCC(=O)N(Cc2ccc(CN)cc2)CC1. The average molecular weight is 260 g/mol. The van der Waals surface area contributed by atoms with E-state index < -0.39 is 0 Å². The molecule has 0 spiro atoms. The quantitative estimate of drug-likeness (QED) is 0.908. The zero-order chi connectivity index (χ0) is 13.9. The molecule has 2 N–H and O–H groups in total. The molecule has 0 bridgehead atoms. The lowest BCUT2D eigenvalue weighted by Gasteiger charge is -2.23. The van der Waals surface area contributed by atoms with E-state index in [1.165, 1.54) is 5.56 Å². The van der Waals surface area contributed by atoms with Gasteiger partial charge in [0.25, 0.3) is 0 Å². The van der Waals surface area contributed by atoms with Crippen LogP contribution in [0.1, 0.15) is 44.2 Å². The third-order valence-corrected chi connectivity index (χ3v) is 4.06. The Bertz CT molecular complexity index is 437. The monoisotopic (exact) mass is 260 g/mol. The number of benzene rings is 1. The van der Waals surface area contributed by atoms with Crippen molar-refractivity contribution in [1.29, 1.82) is 0 Å². The number of nitrogens with zero attached hydrogens (tertiary/aromatic N) is 1. The molecule has 1 amide bonds. The highest BCUT2D eigenvalue weighted by Gasteiger charge is 2.27. The fraction of sp³-hybridized carbons (Fsp3) is 0.562. The number of likely N-dealkylation sites (tertiary alicyclic amines) is 1. The Morgan fingerprint density at radius 2 is 1.79 bits per heavy atom. The summed E-state index contributed by atoms with van der Waals surface area (Å²) in [4.78, 5) is 14.1. The lowest BCUT2D eigenvalue weighted by molar-refractivity contribution is -0.131. The van der Waals surface area contributed by atoms with E-state index >= 15 is 0 Å². The highest BCUT2D eigenvalue weighted by molar-refractivity contribution is 5.76. The van der Waals surface area contributed by atoms with E-state index in [9.17, 15) is 4.79 Å². The van der Waals surface area contributed by atoms with Gasteiger partial charge in [-0.15, -0.1) is 0 Å². The van der Waals surface area contributed by atoms with Crippen molar-refractivity contribution in [3.05, 3.63) is 35.4 Å². The second-order valence-electron chi connectivity index (χ2n) is 6.25. The maximum atomic E-state index is 12.1. The summed E-state index contributed by atoms with van der Waals surface area (Å²) in [7, 11) is 0. The van der Waals surface area contributed by atoms with Gasteiger partial charge in [0.2, 0.25) is 5.91 Å². The Balaban J connectivity index is 2.02. The molecule has 0 unspecified atom stereocenters. The van der Waals surface area contributed by atoms with Crippen molar-refractivity contribution < 1.29 is 4.79 Å². The summed E-state index contributed by atoms with van der Waals surface area (Å²) in [5.41, 5.74) is 8.19. The number of carbonyl (C=O) groups excluding carboxylic acids is 1. The summed E-state index contributed by atoms with van der Waals surface area (Å²) in [5, 5.41) is 0. The number of carbonyl (C=O) groups is 1. The van der Waals surface area contributed by atoms with Crippen LogP contribution >= 0.6 is 0 Å². The van der Waals surface area contributed by atoms with Crippen LogP contribution in [0, 0.1) is 5.41 Å². The Morgan fingerprint density at radius 1 is 1.16 bits per heavy atom. The van der Waals surface area contributed by atoms with Crippen molar-refractivity contribution in [3.63, 3.8) is 0 Å². The number of amides is 1. The minimum atomic E-state index is 0.286. The van der Waals surface area contributed by atoms with Gasteiger partial charge in [-0.2, -0.15) is 0 Å². The second kappa shape index (κ2) is 5.74. The van der Waals surface area contributed by atoms with Gasteiger partial charge in [0.05, 0.1) is 0 Å². The van der Waals surface area contributed by atoms with Crippen LogP contribution < -0.4 is 5.73 Å². The lowest BCUT2D eigenvalue weighted by atomic mass is 9.85. The predicted molar refractivity (Wildman–Crippen MR) is 77.4 cm³/mol. The van der Waals surface area contributed by atoms with Gasteiger partial charge in [0.15, 0.2) is 0 Å². The first-order chi connectivity index (χ1) is 9.00. The van der Waals surface area contributed by atoms with E-state index in [1.54, 1.807) is 0 Å². The molecule has 3 heteroatoms. The molecule has 104 valence electrons. The van der Waals surface area contributed by atoms with E-state index in [0.29, 0.717) is 13.0 Å². The number of rotatable bonds is 3. The van der Waals surface area contributed by atoms with Crippen LogP contribution in [-0.2, 0) is 17.9 Å². The molecule has 2 rings (SSSR count). The van der Waals surface area contributed by atoms with Crippen LogP contribution in [0.4, 0.5) is 0 Å². The molecule has 19 heavy (non-hydrogen) atoms. The molecule has 1 saturated heterocycles. The highest BCUT2D eigenvalue weighted by Crippen LogP contribution is 2.30. The lowest BCUT2D eigenvalue weighted by Crippen LogP contribution is -2.30. The smallest absolute Gasteiger partial charge is 0.222 e. The van der Waals surface area contributed by atoms with Gasteiger partial charge < -0.3 is 10.6 Å². The maximum absolute atomic E-state index is 12.1. The third kappa shape index (κ3) is 3.80. The fourth-order valence-corrected chi connectivity index (χ4v) is 2.46. The van der Waals surface area contributed by atoms with Crippen LogP contribution in [0.25, 0.3) is 0 Å². The summed E-state index contributed by atoms with van der Waals surface area (Å²) >= 11 is 0. The van der Waals surface area contributed by atoms with E-state index in [-0.39, 0.29) is 11.3 Å². The predicted octanol–water partition coefficient (Wildman–Crippen LogP) is 2.68. The zero-order valence-corrected chi connectivity index (χ0v) is 12.0. The Hall–Kier alpha value is -1.35. The summed E-state index contributed by atoms with van der Waals surface area (Å²) in [5.74, 6) is 0.286. The molecule has 1 fully saturated rings. The Labute approximate surface area is 115 Å². The van der Waals surface area contributed by atoms with Crippen LogP contribution in [0.3, 0.4) is 0 Å². The van der Waals surface area contributed by atoms with E-state index in [2.05, 4.69) is 26.0 Å². The molecule has 1 aliphatic rings. The van der Waals surface area contributed by atoms with Gasteiger partial charge in [-0.3, -0.25) is 4.79 Å². The third-order valence-electron chi connectivity index (χ3n) is 4.06. The van der Waals surface area contributed by atoms with Crippen LogP contribution in [0.2, 0.25) is 0 Å². The first-order valence-electron chi connectivity index (χ1n) is 7.06. The standard InChI is InChI=1S/C16H24N2O/c1-16(2)8-7-15(19)18(10-9-16)12-14-5-3-13(11-17)4-6-14/h3-6H,7-12,17H2,1-2H3. The van der Waals surface area contributed by atoms with Gasteiger partial charge >= 0.3 is 0 Å². The molecule has 3 nitrogen and oxygen atoms in total.